The topological polar surface area (TPSA) is 87.7 Å². The van der Waals surface area contributed by atoms with Gasteiger partial charge in [0, 0.05) is 25.8 Å². The van der Waals surface area contributed by atoms with Crippen LogP contribution in [0.25, 0.3) is 0 Å². The van der Waals surface area contributed by atoms with Crippen molar-refractivity contribution in [2.24, 2.45) is 0 Å². The summed E-state index contributed by atoms with van der Waals surface area (Å²) in [4.78, 5) is 12.2. The van der Waals surface area contributed by atoms with Crippen molar-refractivity contribution in [1.29, 1.82) is 0 Å². The number of anilines is 1. The van der Waals surface area contributed by atoms with E-state index in [-0.39, 0.29) is 23.4 Å². The van der Waals surface area contributed by atoms with Crippen molar-refractivity contribution in [3.8, 4) is 5.75 Å². The predicted octanol–water partition coefficient (Wildman–Crippen LogP) is 2.20. The maximum atomic E-state index is 12.5. The fraction of sp³-hybridized carbons (Fsp3) is 0.611. The van der Waals surface area contributed by atoms with E-state index in [0.717, 1.165) is 30.0 Å². The SMILES string of the molecule is CCOc1ccc(NCC(=O)NC2CCCCC2)cc1S(=O)(=O)N(C)C. The minimum atomic E-state index is -3.65. The summed E-state index contributed by atoms with van der Waals surface area (Å²) in [5.41, 5.74) is 0.563. The van der Waals surface area contributed by atoms with Crippen LogP contribution in [-0.2, 0) is 14.8 Å². The Morgan fingerprint density at radius 3 is 2.54 bits per heavy atom. The largest absolute Gasteiger partial charge is 0.492 e. The number of benzene rings is 1. The summed E-state index contributed by atoms with van der Waals surface area (Å²) in [6, 6.07) is 5.09. The van der Waals surface area contributed by atoms with Crippen LogP contribution in [0.3, 0.4) is 0 Å². The average Bonchev–Trinajstić information content (AvgIpc) is 2.61. The number of hydrogen-bond acceptors (Lipinski definition) is 5. The molecular formula is C18H29N3O4S. The Kier molecular flexibility index (Phi) is 7.28. The molecule has 1 aliphatic rings. The first-order valence-corrected chi connectivity index (χ1v) is 10.5. The smallest absolute Gasteiger partial charge is 0.246 e. The van der Waals surface area contributed by atoms with Gasteiger partial charge in [0.15, 0.2) is 0 Å². The minimum absolute atomic E-state index is 0.0807. The maximum absolute atomic E-state index is 12.5. The standard InChI is InChI=1S/C18H29N3O4S/c1-4-25-16-11-10-15(12-17(16)26(23,24)21(2)3)19-13-18(22)20-14-8-6-5-7-9-14/h10-12,14,19H,4-9,13H2,1-3H3,(H,20,22). The number of nitrogens with one attached hydrogen (secondary N) is 2. The van der Waals surface area contributed by atoms with E-state index in [4.69, 9.17) is 4.74 Å². The quantitative estimate of drug-likeness (QED) is 0.718. The molecule has 1 aromatic carbocycles. The highest BCUT2D eigenvalue weighted by atomic mass is 32.2. The Hall–Kier alpha value is -1.80. The van der Waals surface area contributed by atoms with E-state index in [1.165, 1.54) is 26.6 Å². The Morgan fingerprint density at radius 2 is 1.92 bits per heavy atom. The predicted molar refractivity (Wildman–Crippen MR) is 102 cm³/mol. The molecule has 1 fully saturated rings. The van der Waals surface area contributed by atoms with E-state index >= 15 is 0 Å². The van der Waals surface area contributed by atoms with Gasteiger partial charge in [-0.05, 0) is 38.0 Å². The number of carbonyl (C=O) groups excluding carboxylic acids is 1. The molecule has 0 aromatic heterocycles. The molecule has 0 saturated heterocycles. The molecule has 1 aromatic rings. The van der Waals surface area contributed by atoms with Crippen molar-refractivity contribution in [3.63, 3.8) is 0 Å². The van der Waals surface area contributed by atoms with Crippen LogP contribution in [0, 0.1) is 0 Å². The summed E-state index contributed by atoms with van der Waals surface area (Å²) in [6.07, 6.45) is 5.60. The van der Waals surface area contributed by atoms with Gasteiger partial charge in [-0.1, -0.05) is 19.3 Å². The van der Waals surface area contributed by atoms with E-state index in [9.17, 15) is 13.2 Å². The van der Waals surface area contributed by atoms with Gasteiger partial charge in [-0.2, -0.15) is 0 Å². The summed E-state index contributed by atoms with van der Waals surface area (Å²) in [5.74, 6) is 0.223. The first kappa shape index (κ1) is 20.5. The normalized spacial score (nSPS) is 15.7. The molecule has 0 heterocycles. The summed E-state index contributed by atoms with van der Waals surface area (Å²) in [7, 11) is -0.696. The summed E-state index contributed by atoms with van der Waals surface area (Å²) in [5, 5.41) is 6.04. The second kappa shape index (κ2) is 9.23. The number of amides is 1. The van der Waals surface area contributed by atoms with Gasteiger partial charge in [0.1, 0.15) is 10.6 Å². The summed E-state index contributed by atoms with van der Waals surface area (Å²) >= 11 is 0. The van der Waals surface area contributed by atoms with Crippen LogP contribution in [0.2, 0.25) is 0 Å². The summed E-state index contributed by atoms with van der Waals surface area (Å²) < 4.78 is 31.6. The number of sulfonamides is 1. The first-order valence-electron chi connectivity index (χ1n) is 9.07. The lowest BCUT2D eigenvalue weighted by atomic mass is 9.95. The lowest BCUT2D eigenvalue weighted by Crippen LogP contribution is -2.39. The van der Waals surface area contributed by atoms with Crippen molar-refractivity contribution >= 4 is 21.6 Å². The van der Waals surface area contributed by atoms with Crippen molar-refractivity contribution < 1.29 is 17.9 Å². The number of nitrogens with zero attached hydrogens (tertiary/aromatic N) is 1. The van der Waals surface area contributed by atoms with Gasteiger partial charge in [0.05, 0.1) is 13.2 Å². The van der Waals surface area contributed by atoms with E-state index in [2.05, 4.69) is 10.6 Å². The fourth-order valence-electron chi connectivity index (χ4n) is 3.00. The van der Waals surface area contributed by atoms with Crippen molar-refractivity contribution in [3.05, 3.63) is 18.2 Å². The Balaban J connectivity index is 2.06. The van der Waals surface area contributed by atoms with E-state index in [0.29, 0.717) is 18.0 Å². The van der Waals surface area contributed by atoms with Crippen LogP contribution in [0.1, 0.15) is 39.0 Å². The van der Waals surface area contributed by atoms with Crippen molar-refractivity contribution in [1.82, 2.24) is 9.62 Å². The zero-order valence-electron chi connectivity index (χ0n) is 15.7. The van der Waals surface area contributed by atoms with E-state index in [1.54, 1.807) is 19.1 Å². The third kappa shape index (κ3) is 5.35. The van der Waals surface area contributed by atoms with Crippen LogP contribution in [-0.4, -0.2) is 51.9 Å². The fourth-order valence-corrected chi connectivity index (χ4v) is 4.05. The van der Waals surface area contributed by atoms with Gasteiger partial charge < -0.3 is 15.4 Å². The zero-order chi connectivity index (χ0) is 19.2. The van der Waals surface area contributed by atoms with Gasteiger partial charge in [-0.15, -0.1) is 0 Å². The van der Waals surface area contributed by atoms with E-state index in [1.807, 2.05) is 0 Å². The molecular weight excluding hydrogens is 354 g/mol. The molecule has 2 N–H and O–H groups in total. The van der Waals surface area contributed by atoms with Crippen molar-refractivity contribution in [2.45, 2.75) is 50.0 Å². The van der Waals surface area contributed by atoms with Crippen LogP contribution < -0.4 is 15.4 Å². The molecule has 0 radical (unpaired) electrons. The van der Waals surface area contributed by atoms with E-state index < -0.39 is 10.0 Å². The maximum Gasteiger partial charge on any atom is 0.246 e. The highest BCUT2D eigenvalue weighted by Gasteiger charge is 2.23. The number of ether oxygens (including phenoxy) is 1. The molecule has 1 aliphatic carbocycles. The number of rotatable bonds is 8. The molecule has 8 heteroatoms. The van der Waals surface area contributed by atoms with Gasteiger partial charge in [-0.25, -0.2) is 12.7 Å². The molecule has 0 spiro atoms. The Morgan fingerprint density at radius 1 is 1.23 bits per heavy atom. The van der Waals surface area contributed by atoms with Crippen LogP contribution in [0.15, 0.2) is 23.1 Å². The molecule has 2 rings (SSSR count). The Bertz CT molecular complexity index is 713. The number of carbonyl (C=O) groups is 1. The monoisotopic (exact) mass is 383 g/mol. The third-order valence-corrected chi connectivity index (χ3v) is 6.26. The lowest BCUT2D eigenvalue weighted by molar-refractivity contribution is -0.120. The molecule has 146 valence electrons. The molecule has 0 aliphatic heterocycles. The molecule has 7 nitrogen and oxygen atoms in total. The molecule has 1 saturated carbocycles. The minimum Gasteiger partial charge on any atom is -0.492 e. The molecule has 26 heavy (non-hydrogen) atoms. The second-order valence-electron chi connectivity index (χ2n) is 6.64. The zero-order valence-corrected chi connectivity index (χ0v) is 16.6. The number of hydrogen-bond donors (Lipinski definition) is 2. The second-order valence-corrected chi connectivity index (χ2v) is 8.76. The van der Waals surface area contributed by atoms with Crippen molar-refractivity contribution in [2.75, 3.05) is 32.6 Å². The molecule has 1 amide bonds. The average molecular weight is 384 g/mol. The highest BCUT2D eigenvalue weighted by Crippen LogP contribution is 2.29. The van der Waals surface area contributed by atoms with Crippen LogP contribution in [0.4, 0.5) is 5.69 Å². The van der Waals surface area contributed by atoms with Gasteiger partial charge in [-0.3, -0.25) is 4.79 Å². The first-order chi connectivity index (χ1) is 12.3. The lowest BCUT2D eigenvalue weighted by Gasteiger charge is -2.23. The summed E-state index contributed by atoms with van der Waals surface area (Å²) in [6.45, 7) is 2.27. The van der Waals surface area contributed by atoms with Gasteiger partial charge in [0.25, 0.3) is 0 Å². The Labute approximate surface area is 156 Å². The molecule has 0 atom stereocenters. The van der Waals surface area contributed by atoms with Crippen LogP contribution >= 0.6 is 0 Å². The third-order valence-electron chi connectivity index (χ3n) is 4.43. The van der Waals surface area contributed by atoms with Crippen LogP contribution in [0.5, 0.6) is 5.75 Å². The van der Waals surface area contributed by atoms with Gasteiger partial charge in [0.2, 0.25) is 15.9 Å². The molecule has 0 unspecified atom stereocenters. The molecule has 0 bridgehead atoms. The highest BCUT2D eigenvalue weighted by molar-refractivity contribution is 7.89. The van der Waals surface area contributed by atoms with Gasteiger partial charge >= 0.3 is 0 Å².